The van der Waals surface area contributed by atoms with Gasteiger partial charge in [0, 0.05) is 6.54 Å². The average Bonchev–Trinajstić information content (AvgIpc) is 2.82. The Kier molecular flexibility index (Phi) is 4.12. The second-order valence-electron chi connectivity index (χ2n) is 3.98. The molecule has 0 aliphatic carbocycles. The third-order valence-electron chi connectivity index (χ3n) is 2.54. The number of benzene rings is 1. The maximum absolute atomic E-state index is 11.8. The number of furan rings is 1. The number of hydrogen-bond acceptors (Lipinski definition) is 4. The van der Waals surface area contributed by atoms with E-state index in [0.717, 1.165) is 0 Å². The molecule has 0 aliphatic heterocycles. The van der Waals surface area contributed by atoms with Gasteiger partial charge in [-0.05, 0) is 35.4 Å². The van der Waals surface area contributed by atoms with Crippen LogP contribution < -0.4 is 10.5 Å². The first-order valence-electron chi connectivity index (χ1n) is 5.51. The standard InChI is InChI=1S/C12H11ClN2O4S/c13-11-10(4-5-19-11)12(16)15-7-8-2-1-3-9(6-8)20(14,17)18/h1-6H,7H2,(H,15,16)(H2,14,17,18). The second-order valence-corrected chi connectivity index (χ2v) is 5.89. The molecule has 8 heteroatoms. The van der Waals surface area contributed by atoms with E-state index in [2.05, 4.69) is 5.32 Å². The highest BCUT2D eigenvalue weighted by molar-refractivity contribution is 7.89. The van der Waals surface area contributed by atoms with Crippen molar-refractivity contribution in [2.75, 3.05) is 0 Å². The molecule has 106 valence electrons. The Morgan fingerprint density at radius 3 is 2.70 bits per heavy atom. The van der Waals surface area contributed by atoms with Crippen LogP contribution in [0.4, 0.5) is 0 Å². The number of halogens is 1. The zero-order chi connectivity index (χ0) is 14.8. The van der Waals surface area contributed by atoms with E-state index >= 15 is 0 Å². The van der Waals surface area contributed by atoms with Gasteiger partial charge < -0.3 is 9.73 Å². The van der Waals surface area contributed by atoms with Crippen molar-refractivity contribution in [3.63, 3.8) is 0 Å². The minimum absolute atomic E-state index is 0.000728. The Bertz CT molecular complexity index is 739. The summed E-state index contributed by atoms with van der Waals surface area (Å²) in [5, 5.41) is 7.64. The lowest BCUT2D eigenvalue weighted by atomic mass is 10.2. The molecule has 1 aromatic carbocycles. The third kappa shape index (κ3) is 3.38. The van der Waals surface area contributed by atoms with Crippen molar-refractivity contribution in [1.82, 2.24) is 5.32 Å². The van der Waals surface area contributed by atoms with Crippen molar-refractivity contribution < 1.29 is 17.6 Å². The van der Waals surface area contributed by atoms with E-state index in [-0.39, 0.29) is 22.2 Å². The molecule has 6 nitrogen and oxygen atoms in total. The first-order chi connectivity index (χ1) is 9.38. The lowest BCUT2D eigenvalue weighted by molar-refractivity contribution is 0.0950. The topological polar surface area (TPSA) is 102 Å². The molecule has 0 unspecified atom stereocenters. The van der Waals surface area contributed by atoms with Gasteiger partial charge in [0.15, 0.2) is 0 Å². The Hall–Kier alpha value is -1.83. The van der Waals surface area contributed by atoms with E-state index in [9.17, 15) is 13.2 Å². The minimum atomic E-state index is -3.76. The van der Waals surface area contributed by atoms with Gasteiger partial charge in [-0.15, -0.1) is 0 Å². The smallest absolute Gasteiger partial charge is 0.256 e. The molecule has 0 bridgehead atoms. The predicted octanol–water partition coefficient (Wildman–Crippen LogP) is 1.51. The van der Waals surface area contributed by atoms with Gasteiger partial charge in [-0.2, -0.15) is 0 Å². The van der Waals surface area contributed by atoms with E-state index in [1.54, 1.807) is 12.1 Å². The monoisotopic (exact) mass is 314 g/mol. The quantitative estimate of drug-likeness (QED) is 0.892. The molecule has 0 fully saturated rings. The molecular formula is C12H11ClN2O4S. The molecular weight excluding hydrogens is 304 g/mol. The highest BCUT2D eigenvalue weighted by atomic mass is 35.5. The van der Waals surface area contributed by atoms with Crippen molar-refractivity contribution in [1.29, 1.82) is 0 Å². The summed E-state index contributed by atoms with van der Waals surface area (Å²) in [6.07, 6.45) is 1.30. The van der Waals surface area contributed by atoms with Gasteiger partial charge >= 0.3 is 0 Å². The summed E-state index contributed by atoms with van der Waals surface area (Å²) in [5.74, 6) is -0.412. The van der Waals surface area contributed by atoms with E-state index in [4.69, 9.17) is 21.2 Å². The van der Waals surface area contributed by atoms with E-state index in [0.29, 0.717) is 5.56 Å². The van der Waals surface area contributed by atoms with Crippen LogP contribution in [0.2, 0.25) is 5.22 Å². The number of nitrogens with two attached hydrogens (primary N) is 1. The first kappa shape index (κ1) is 14.6. The largest absolute Gasteiger partial charge is 0.452 e. The van der Waals surface area contributed by atoms with Gasteiger partial charge in [0.05, 0.1) is 16.7 Å². The maximum Gasteiger partial charge on any atom is 0.256 e. The van der Waals surface area contributed by atoms with Gasteiger partial charge in [-0.3, -0.25) is 4.79 Å². The van der Waals surface area contributed by atoms with Gasteiger partial charge in [0.2, 0.25) is 15.2 Å². The van der Waals surface area contributed by atoms with Crippen molar-refractivity contribution in [2.24, 2.45) is 5.14 Å². The maximum atomic E-state index is 11.8. The van der Waals surface area contributed by atoms with E-state index < -0.39 is 15.9 Å². The average molecular weight is 315 g/mol. The molecule has 0 saturated heterocycles. The highest BCUT2D eigenvalue weighted by Crippen LogP contribution is 2.16. The summed E-state index contributed by atoms with van der Waals surface area (Å²) >= 11 is 5.68. The fourth-order valence-corrected chi connectivity index (χ4v) is 2.35. The zero-order valence-electron chi connectivity index (χ0n) is 10.2. The molecule has 3 N–H and O–H groups in total. The number of carbonyl (C=O) groups excluding carboxylic acids is 1. The lowest BCUT2D eigenvalue weighted by Crippen LogP contribution is -2.22. The number of sulfonamides is 1. The summed E-state index contributed by atoms with van der Waals surface area (Å²) < 4.78 is 27.2. The number of carbonyl (C=O) groups is 1. The van der Waals surface area contributed by atoms with Gasteiger partial charge in [-0.25, -0.2) is 13.6 Å². The number of nitrogens with one attached hydrogen (secondary N) is 1. The molecule has 0 radical (unpaired) electrons. The Morgan fingerprint density at radius 1 is 1.35 bits per heavy atom. The van der Waals surface area contributed by atoms with Gasteiger partial charge in [-0.1, -0.05) is 12.1 Å². The number of primary sulfonamides is 1. The van der Waals surface area contributed by atoms with E-state index in [1.807, 2.05) is 0 Å². The van der Waals surface area contributed by atoms with E-state index in [1.165, 1.54) is 24.5 Å². The van der Waals surface area contributed by atoms with Gasteiger partial charge in [0.1, 0.15) is 0 Å². The first-order valence-corrected chi connectivity index (χ1v) is 7.43. The minimum Gasteiger partial charge on any atom is -0.452 e. The van der Waals surface area contributed by atoms with Crippen LogP contribution in [0, 0.1) is 0 Å². The van der Waals surface area contributed by atoms with Crippen LogP contribution >= 0.6 is 11.6 Å². The fraction of sp³-hybridized carbons (Fsp3) is 0.0833. The zero-order valence-corrected chi connectivity index (χ0v) is 11.7. The van der Waals surface area contributed by atoms with Crippen molar-refractivity contribution in [3.8, 4) is 0 Å². The summed E-state index contributed by atoms with van der Waals surface area (Å²) in [6.45, 7) is 0.143. The lowest BCUT2D eigenvalue weighted by Gasteiger charge is -2.05. The molecule has 1 amide bonds. The Labute approximate surface area is 120 Å². The molecule has 20 heavy (non-hydrogen) atoms. The van der Waals surface area contributed by atoms with Crippen LogP contribution in [-0.4, -0.2) is 14.3 Å². The highest BCUT2D eigenvalue weighted by Gasteiger charge is 2.13. The molecule has 1 heterocycles. The third-order valence-corrected chi connectivity index (χ3v) is 3.75. The predicted molar refractivity (Wildman–Crippen MR) is 72.7 cm³/mol. The number of rotatable bonds is 4. The van der Waals surface area contributed by atoms with Crippen LogP contribution in [0.15, 0.2) is 45.9 Å². The Morgan fingerprint density at radius 2 is 2.10 bits per heavy atom. The molecule has 0 aliphatic rings. The molecule has 2 aromatic rings. The number of amides is 1. The molecule has 0 atom stereocenters. The van der Waals surface area contributed by atoms with Crippen LogP contribution in [0.25, 0.3) is 0 Å². The summed E-state index contributed by atoms with van der Waals surface area (Å²) in [6, 6.07) is 7.44. The van der Waals surface area contributed by atoms with Crippen molar-refractivity contribution in [2.45, 2.75) is 11.4 Å². The normalized spacial score (nSPS) is 11.3. The molecule has 0 saturated carbocycles. The van der Waals surface area contributed by atoms with Crippen LogP contribution in [0.1, 0.15) is 15.9 Å². The number of hydrogen-bond donors (Lipinski definition) is 2. The van der Waals surface area contributed by atoms with Crippen molar-refractivity contribution >= 4 is 27.5 Å². The fourth-order valence-electron chi connectivity index (χ4n) is 1.57. The van der Waals surface area contributed by atoms with Crippen molar-refractivity contribution in [3.05, 3.63) is 52.9 Å². The molecule has 0 spiro atoms. The Balaban J connectivity index is 2.09. The van der Waals surface area contributed by atoms with Gasteiger partial charge in [0.25, 0.3) is 5.91 Å². The SMILES string of the molecule is NS(=O)(=O)c1cccc(CNC(=O)c2ccoc2Cl)c1. The van der Waals surface area contributed by atoms with Crippen LogP contribution in [0.5, 0.6) is 0 Å². The summed E-state index contributed by atoms with van der Waals surface area (Å²) in [5.41, 5.74) is 0.818. The summed E-state index contributed by atoms with van der Waals surface area (Å²) in [7, 11) is -3.76. The van der Waals surface area contributed by atoms with Crippen LogP contribution in [-0.2, 0) is 16.6 Å². The molecule has 1 aromatic heterocycles. The van der Waals surface area contributed by atoms with Crippen LogP contribution in [0.3, 0.4) is 0 Å². The summed E-state index contributed by atoms with van der Waals surface area (Å²) in [4.78, 5) is 11.8. The molecule has 2 rings (SSSR count). The second kappa shape index (κ2) is 5.66.